The predicted octanol–water partition coefficient (Wildman–Crippen LogP) is 4.25. The van der Waals surface area contributed by atoms with Crippen LogP contribution in [0.2, 0.25) is 0 Å². The second-order valence-corrected chi connectivity index (χ2v) is 4.94. The third-order valence-corrected chi connectivity index (χ3v) is 3.34. The van der Waals surface area contributed by atoms with E-state index >= 15 is 0 Å². The van der Waals surface area contributed by atoms with E-state index in [1.807, 2.05) is 32.0 Å². The lowest BCUT2D eigenvalue weighted by molar-refractivity contribution is -0.274. The van der Waals surface area contributed by atoms with Crippen molar-refractivity contribution in [3.8, 4) is 5.75 Å². The van der Waals surface area contributed by atoms with Crippen LogP contribution in [0.3, 0.4) is 0 Å². The first-order valence-electron chi connectivity index (χ1n) is 6.45. The highest BCUT2D eigenvalue weighted by atomic mass is 19.4. The Bertz CT molecular complexity index is 638. The van der Waals surface area contributed by atoms with Crippen LogP contribution in [0.4, 0.5) is 13.2 Å². The maximum Gasteiger partial charge on any atom is 0.573 e. The Balaban J connectivity index is 2.28. The standard InChI is InChI=1S/C16H16F3NO/c1-10-6-7-13(8-11(10)2)15(20)12-4-3-5-14(9-12)21-16(17,18)19/h3-9,15H,20H2,1-2H3. The summed E-state index contributed by atoms with van der Waals surface area (Å²) in [7, 11) is 0. The van der Waals surface area contributed by atoms with Crippen LogP contribution >= 0.6 is 0 Å². The van der Waals surface area contributed by atoms with Gasteiger partial charge in [0.05, 0.1) is 6.04 Å². The molecule has 5 heteroatoms. The van der Waals surface area contributed by atoms with Crippen molar-refractivity contribution in [1.29, 1.82) is 0 Å². The second kappa shape index (κ2) is 5.77. The van der Waals surface area contributed by atoms with Gasteiger partial charge in [-0.05, 0) is 48.2 Å². The summed E-state index contributed by atoms with van der Waals surface area (Å²) in [5.41, 5.74) is 9.78. The number of hydrogen-bond acceptors (Lipinski definition) is 2. The Morgan fingerprint density at radius 1 is 0.952 bits per heavy atom. The van der Waals surface area contributed by atoms with Crippen molar-refractivity contribution in [2.75, 3.05) is 0 Å². The van der Waals surface area contributed by atoms with Crippen LogP contribution in [0, 0.1) is 13.8 Å². The number of nitrogens with two attached hydrogens (primary N) is 1. The smallest absolute Gasteiger partial charge is 0.406 e. The Labute approximate surface area is 121 Å². The summed E-state index contributed by atoms with van der Waals surface area (Å²) in [4.78, 5) is 0. The molecule has 0 aliphatic rings. The van der Waals surface area contributed by atoms with Gasteiger partial charge in [-0.2, -0.15) is 0 Å². The van der Waals surface area contributed by atoms with Gasteiger partial charge in [-0.3, -0.25) is 0 Å². The lowest BCUT2D eigenvalue weighted by Gasteiger charge is -2.16. The highest BCUT2D eigenvalue weighted by Crippen LogP contribution is 2.27. The molecular weight excluding hydrogens is 279 g/mol. The first kappa shape index (κ1) is 15.4. The first-order chi connectivity index (χ1) is 9.76. The van der Waals surface area contributed by atoms with Crippen LogP contribution in [0.15, 0.2) is 42.5 Å². The topological polar surface area (TPSA) is 35.2 Å². The molecule has 0 heterocycles. The molecule has 0 spiro atoms. The van der Waals surface area contributed by atoms with Crippen molar-refractivity contribution in [2.45, 2.75) is 26.3 Å². The molecule has 0 saturated heterocycles. The van der Waals surface area contributed by atoms with Crippen molar-refractivity contribution in [1.82, 2.24) is 0 Å². The van der Waals surface area contributed by atoms with E-state index in [2.05, 4.69) is 4.74 Å². The number of alkyl halides is 3. The SMILES string of the molecule is Cc1ccc(C(N)c2cccc(OC(F)(F)F)c2)cc1C. The average molecular weight is 295 g/mol. The van der Waals surface area contributed by atoms with E-state index in [1.165, 1.54) is 18.2 Å². The van der Waals surface area contributed by atoms with Gasteiger partial charge in [-0.25, -0.2) is 0 Å². The van der Waals surface area contributed by atoms with Crippen molar-refractivity contribution >= 4 is 0 Å². The lowest BCUT2D eigenvalue weighted by atomic mass is 9.96. The fourth-order valence-corrected chi connectivity index (χ4v) is 2.06. The van der Waals surface area contributed by atoms with E-state index in [0.29, 0.717) is 5.56 Å². The Morgan fingerprint density at radius 2 is 1.62 bits per heavy atom. The average Bonchev–Trinajstić information content (AvgIpc) is 2.39. The summed E-state index contributed by atoms with van der Waals surface area (Å²) >= 11 is 0. The van der Waals surface area contributed by atoms with E-state index in [9.17, 15) is 13.2 Å². The molecule has 0 fully saturated rings. The third-order valence-electron chi connectivity index (χ3n) is 3.34. The minimum Gasteiger partial charge on any atom is -0.406 e. The molecule has 2 aromatic rings. The molecular formula is C16H16F3NO. The molecule has 2 nitrogen and oxygen atoms in total. The number of rotatable bonds is 3. The van der Waals surface area contributed by atoms with E-state index in [4.69, 9.17) is 5.73 Å². The van der Waals surface area contributed by atoms with E-state index < -0.39 is 12.4 Å². The minimum atomic E-state index is -4.71. The van der Waals surface area contributed by atoms with Gasteiger partial charge >= 0.3 is 6.36 Å². The third kappa shape index (κ3) is 3.98. The lowest BCUT2D eigenvalue weighted by Crippen LogP contribution is -2.18. The quantitative estimate of drug-likeness (QED) is 0.918. The molecule has 1 unspecified atom stereocenters. The Hall–Kier alpha value is -2.01. The number of aryl methyl sites for hydroxylation is 2. The number of halogens is 3. The van der Waals surface area contributed by atoms with Gasteiger partial charge in [0.1, 0.15) is 5.75 Å². The highest BCUT2D eigenvalue weighted by Gasteiger charge is 2.31. The van der Waals surface area contributed by atoms with Gasteiger partial charge in [-0.1, -0.05) is 30.3 Å². The summed E-state index contributed by atoms with van der Waals surface area (Å²) < 4.78 is 40.6. The molecule has 0 aromatic heterocycles. The summed E-state index contributed by atoms with van der Waals surface area (Å²) in [5.74, 6) is -0.265. The van der Waals surface area contributed by atoms with Crippen LogP contribution in [-0.2, 0) is 0 Å². The van der Waals surface area contributed by atoms with Gasteiger partial charge in [0.2, 0.25) is 0 Å². The van der Waals surface area contributed by atoms with E-state index in [1.54, 1.807) is 6.07 Å². The maximum absolute atomic E-state index is 12.2. The molecule has 2 N–H and O–H groups in total. The van der Waals surface area contributed by atoms with Crippen molar-refractivity contribution in [3.63, 3.8) is 0 Å². The molecule has 0 bridgehead atoms. The van der Waals surface area contributed by atoms with Crippen LogP contribution in [-0.4, -0.2) is 6.36 Å². The van der Waals surface area contributed by atoms with E-state index in [-0.39, 0.29) is 5.75 Å². The molecule has 0 aliphatic heterocycles. The predicted molar refractivity (Wildman–Crippen MR) is 75.1 cm³/mol. The summed E-state index contributed by atoms with van der Waals surface area (Å²) in [6.45, 7) is 3.96. The van der Waals surface area contributed by atoms with Gasteiger partial charge < -0.3 is 10.5 Å². The fourth-order valence-electron chi connectivity index (χ4n) is 2.06. The van der Waals surface area contributed by atoms with Gasteiger partial charge in [0, 0.05) is 0 Å². The summed E-state index contributed by atoms with van der Waals surface area (Å²) in [6.07, 6.45) is -4.71. The van der Waals surface area contributed by atoms with Crippen molar-refractivity contribution < 1.29 is 17.9 Å². The van der Waals surface area contributed by atoms with E-state index in [0.717, 1.165) is 16.7 Å². The van der Waals surface area contributed by atoms with Crippen molar-refractivity contribution in [2.24, 2.45) is 5.73 Å². The maximum atomic E-state index is 12.2. The largest absolute Gasteiger partial charge is 0.573 e. The zero-order valence-corrected chi connectivity index (χ0v) is 11.7. The molecule has 2 aromatic carbocycles. The Kier molecular flexibility index (Phi) is 4.23. The molecule has 0 radical (unpaired) electrons. The van der Waals surface area contributed by atoms with Gasteiger partial charge in [0.15, 0.2) is 0 Å². The molecule has 112 valence electrons. The number of hydrogen-bond donors (Lipinski definition) is 1. The van der Waals surface area contributed by atoms with Crippen LogP contribution < -0.4 is 10.5 Å². The van der Waals surface area contributed by atoms with Crippen molar-refractivity contribution in [3.05, 3.63) is 64.7 Å². The zero-order valence-electron chi connectivity index (χ0n) is 11.7. The Morgan fingerprint density at radius 3 is 2.24 bits per heavy atom. The number of ether oxygens (including phenoxy) is 1. The summed E-state index contributed by atoms with van der Waals surface area (Å²) in [6, 6.07) is 11.0. The van der Waals surface area contributed by atoms with Gasteiger partial charge in [0.25, 0.3) is 0 Å². The molecule has 0 saturated carbocycles. The second-order valence-electron chi connectivity index (χ2n) is 4.94. The normalized spacial score (nSPS) is 13.0. The fraction of sp³-hybridized carbons (Fsp3) is 0.250. The molecule has 21 heavy (non-hydrogen) atoms. The van der Waals surface area contributed by atoms with Crippen LogP contribution in [0.1, 0.15) is 28.3 Å². The first-order valence-corrected chi connectivity index (χ1v) is 6.45. The monoisotopic (exact) mass is 295 g/mol. The van der Waals surface area contributed by atoms with Gasteiger partial charge in [-0.15, -0.1) is 13.2 Å². The summed E-state index contributed by atoms with van der Waals surface area (Å²) in [5, 5.41) is 0. The highest BCUT2D eigenvalue weighted by molar-refractivity contribution is 5.39. The minimum absolute atomic E-state index is 0.265. The molecule has 2 rings (SSSR count). The number of benzene rings is 2. The van der Waals surface area contributed by atoms with Crippen LogP contribution in [0.25, 0.3) is 0 Å². The molecule has 0 amide bonds. The molecule has 0 aliphatic carbocycles. The molecule has 1 atom stereocenters. The van der Waals surface area contributed by atoms with Crippen LogP contribution in [0.5, 0.6) is 5.75 Å². The zero-order chi connectivity index (χ0) is 15.6.